The van der Waals surface area contributed by atoms with Gasteiger partial charge in [-0.05, 0) is 73.3 Å². The van der Waals surface area contributed by atoms with Gasteiger partial charge in [0, 0.05) is 24.2 Å². The van der Waals surface area contributed by atoms with E-state index in [-0.39, 0.29) is 28.1 Å². The number of aromatic nitrogens is 1. The molecule has 60 heavy (non-hydrogen) atoms. The minimum absolute atomic E-state index is 0.00787. The highest BCUT2D eigenvalue weighted by Gasteiger charge is 2.39. The lowest BCUT2D eigenvalue weighted by atomic mass is 9.86. The summed E-state index contributed by atoms with van der Waals surface area (Å²) in [5.74, 6) is -3.61. The van der Waals surface area contributed by atoms with Crippen molar-refractivity contribution < 1.29 is 65.9 Å². The summed E-state index contributed by atoms with van der Waals surface area (Å²) in [6, 6.07) is 19.8. The fourth-order valence-corrected chi connectivity index (χ4v) is 7.28. The molecule has 19 heteroatoms. The Morgan fingerprint density at radius 1 is 0.917 bits per heavy atom. The number of methoxy groups -OCH3 is 2. The van der Waals surface area contributed by atoms with Crippen molar-refractivity contribution in [2.24, 2.45) is 5.92 Å². The van der Waals surface area contributed by atoms with Crippen LogP contribution in [0.2, 0.25) is 10.0 Å². The fourth-order valence-electron chi connectivity index (χ4n) is 6.68. The Labute approximate surface area is 352 Å². The van der Waals surface area contributed by atoms with Gasteiger partial charge in [-0.2, -0.15) is 17.9 Å². The zero-order chi connectivity index (χ0) is 43.6. The molecule has 0 amide bonds. The van der Waals surface area contributed by atoms with Crippen LogP contribution >= 0.6 is 23.2 Å². The van der Waals surface area contributed by atoms with Crippen molar-refractivity contribution in [1.82, 2.24) is 4.90 Å². The molecule has 0 spiro atoms. The number of nitrogens with zero attached hydrogens (tertiary/aromatic N) is 2. The highest BCUT2D eigenvalue weighted by atomic mass is 35.5. The lowest BCUT2D eigenvalue weighted by Gasteiger charge is -2.44. The van der Waals surface area contributed by atoms with E-state index in [1.165, 1.54) is 20.3 Å². The number of piperidine rings is 3. The number of ether oxygens (including phenoxy) is 5. The minimum atomic E-state index is -5.08. The molecule has 3 aliphatic heterocycles. The van der Waals surface area contributed by atoms with Crippen LogP contribution in [0, 0.1) is 11.1 Å². The van der Waals surface area contributed by atoms with Crippen LogP contribution in [0.1, 0.15) is 52.0 Å². The van der Waals surface area contributed by atoms with Crippen LogP contribution in [-0.2, 0) is 35.0 Å². The SMILES string of the molecule is COc1ccc(C(Cc2c(Cl)c[n+]([O-])cc2Cl)OC(=O)COC(=O)c2cccc(NC(C(=O)O[C@H]3CN4CCC3CC4)c3ccccc3)c2)cc1OC.O=C(O)C(F)(F)F. The van der Waals surface area contributed by atoms with Gasteiger partial charge in [0.1, 0.15) is 22.3 Å². The van der Waals surface area contributed by atoms with Crippen molar-refractivity contribution >= 4 is 52.8 Å². The van der Waals surface area contributed by atoms with Gasteiger partial charge in [-0.3, -0.25) is 4.90 Å². The van der Waals surface area contributed by atoms with Crippen LogP contribution in [0.5, 0.6) is 11.5 Å². The number of hydrogen-bond acceptors (Lipinski definition) is 12. The molecule has 2 N–H and O–H groups in total. The molecule has 4 heterocycles. The van der Waals surface area contributed by atoms with Crippen LogP contribution in [0.15, 0.2) is 85.2 Å². The molecule has 7 rings (SSSR count). The average Bonchev–Trinajstić information content (AvgIpc) is 3.23. The summed E-state index contributed by atoms with van der Waals surface area (Å²) >= 11 is 12.7. The standard InChI is InChI=1S/C39H39Cl2N3O9.C2HF3O2/c1-49-32-12-11-26(18-34(32)50-2)33(19-29-30(40)20-44(48)21-31(29)41)52-36(45)23-51-38(46)27-9-6-10-28(17-27)42-37(25-7-4-3-5-8-25)39(47)53-35-22-43-15-13-24(35)14-16-43;3-2(4,5)1(6)7/h3-12,17-18,20-21,24,33,35,37,42H,13-16,19,22-23H2,1-2H3;(H,6,7)/t33?,35-,37?;/m0./s1. The average molecular weight is 879 g/mol. The topological polar surface area (TPSA) is 177 Å². The summed E-state index contributed by atoms with van der Waals surface area (Å²) in [7, 11) is 2.96. The van der Waals surface area contributed by atoms with E-state index in [2.05, 4.69) is 10.2 Å². The maximum atomic E-state index is 13.6. The first-order valence-electron chi connectivity index (χ1n) is 18.4. The Kier molecular flexibility index (Phi) is 15.5. The Morgan fingerprint density at radius 2 is 1.57 bits per heavy atom. The summed E-state index contributed by atoms with van der Waals surface area (Å²) in [5.41, 5.74) is 2.21. The van der Waals surface area contributed by atoms with Crippen molar-refractivity contribution in [2.75, 3.05) is 45.8 Å². The van der Waals surface area contributed by atoms with E-state index < -0.39 is 48.8 Å². The number of esters is 3. The van der Waals surface area contributed by atoms with Crippen LogP contribution in [0.3, 0.4) is 0 Å². The normalized spacial score (nSPS) is 17.8. The van der Waals surface area contributed by atoms with Crippen molar-refractivity contribution in [1.29, 1.82) is 0 Å². The predicted octanol–water partition coefficient (Wildman–Crippen LogP) is 6.75. The maximum absolute atomic E-state index is 13.6. The number of benzene rings is 3. The van der Waals surface area contributed by atoms with E-state index >= 15 is 0 Å². The largest absolute Gasteiger partial charge is 0.619 e. The highest BCUT2D eigenvalue weighted by molar-refractivity contribution is 6.35. The molecule has 2 bridgehead atoms. The molecule has 4 aromatic rings. The molecular weight excluding hydrogens is 838 g/mol. The Bertz CT molecular complexity index is 2130. The van der Waals surface area contributed by atoms with Crippen molar-refractivity contribution in [3.63, 3.8) is 0 Å². The fraction of sp³-hybridized carbons (Fsp3) is 0.341. The Hall–Kier alpha value is -5.78. The number of anilines is 1. The molecule has 320 valence electrons. The van der Waals surface area contributed by atoms with E-state index in [0.717, 1.165) is 44.9 Å². The van der Waals surface area contributed by atoms with Gasteiger partial charge in [0.05, 0.1) is 19.8 Å². The Morgan fingerprint density at radius 3 is 2.15 bits per heavy atom. The third kappa shape index (κ3) is 12.1. The third-order valence-corrected chi connectivity index (χ3v) is 10.4. The molecule has 0 aliphatic carbocycles. The molecule has 1 aromatic heterocycles. The summed E-state index contributed by atoms with van der Waals surface area (Å²) < 4.78 is 60.2. The molecule has 14 nitrogen and oxygen atoms in total. The summed E-state index contributed by atoms with van der Waals surface area (Å²) in [5, 5.41) is 22.4. The van der Waals surface area contributed by atoms with E-state index in [9.17, 15) is 32.8 Å². The molecule has 3 aromatic carbocycles. The van der Waals surface area contributed by atoms with E-state index in [1.807, 2.05) is 30.3 Å². The number of aliphatic carboxylic acids is 1. The van der Waals surface area contributed by atoms with Gasteiger partial charge in [-0.1, -0.05) is 65.7 Å². The number of carbonyl (C=O) groups is 4. The number of pyridine rings is 1. The zero-order valence-electron chi connectivity index (χ0n) is 32.2. The van der Waals surface area contributed by atoms with Gasteiger partial charge in [0.25, 0.3) is 0 Å². The minimum Gasteiger partial charge on any atom is -0.619 e. The van der Waals surface area contributed by atoms with Gasteiger partial charge in [0.2, 0.25) is 0 Å². The second-order valence-electron chi connectivity index (χ2n) is 13.7. The second kappa shape index (κ2) is 20.5. The van der Waals surface area contributed by atoms with Crippen molar-refractivity contribution in [3.8, 4) is 11.5 Å². The monoisotopic (exact) mass is 877 g/mol. The number of rotatable bonds is 14. The third-order valence-electron chi connectivity index (χ3n) is 9.71. The van der Waals surface area contributed by atoms with Gasteiger partial charge in [0.15, 0.2) is 36.5 Å². The first kappa shape index (κ1) is 45.3. The predicted molar refractivity (Wildman–Crippen MR) is 210 cm³/mol. The molecular formula is C41H40Cl2F3N3O11. The number of carbonyl (C=O) groups excluding carboxylic acids is 3. The van der Waals surface area contributed by atoms with Gasteiger partial charge in [-0.15, -0.1) is 0 Å². The lowest BCUT2D eigenvalue weighted by Crippen LogP contribution is -2.52. The first-order chi connectivity index (χ1) is 28.6. The molecule has 3 saturated heterocycles. The summed E-state index contributed by atoms with van der Waals surface area (Å²) in [4.78, 5) is 51.2. The van der Waals surface area contributed by atoms with E-state index in [1.54, 1.807) is 36.4 Å². The first-order valence-corrected chi connectivity index (χ1v) is 19.1. The highest BCUT2D eigenvalue weighted by Crippen LogP contribution is 2.36. The maximum Gasteiger partial charge on any atom is 0.490 e. The summed E-state index contributed by atoms with van der Waals surface area (Å²) in [6.07, 6.45) is -1.93. The van der Waals surface area contributed by atoms with Crippen molar-refractivity contribution in [2.45, 2.75) is 43.7 Å². The molecule has 3 aliphatic rings. The second-order valence-corrected chi connectivity index (χ2v) is 14.5. The molecule has 0 saturated carbocycles. The van der Waals surface area contributed by atoms with Crippen LogP contribution in [0.25, 0.3) is 0 Å². The number of hydrogen-bond donors (Lipinski definition) is 2. The van der Waals surface area contributed by atoms with Crippen LogP contribution in [0.4, 0.5) is 18.9 Å². The number of alkyl halides is 3. The van der Waals surface area contributed by atoms with Crippen LogP contribution in [-0.4, -0.2) is 86.6 Å². The number of carboxylic acid groups (broad SMARTS) is 1. The molecule has 3 fully saturated rings. The van der Waals surface area contributed by atoms with E-state index in [4.69, 9.17) is 56.8 Å². The van der Waals surface area contributed by atoms with Gasteiger partial charge >= 0.3 is 30.1 Å². The smallest absolute Gasteiger partial charge is 0.490 e. The zero-order valence-corrected chi connectivity index (χ0v) is 33.7. The number of nitrogens with one attached hydrogen (secondary N) is 1. The molecule has 3 atom stereocenters. The molecule has 2 unspecified atom stereocenters. The number of carboxylic acids is 1. The van der Waals surface area contributed by atoms with Crippen molar-refractivity contribution in [3.05, 3.63) is 123 Å². The molecule has 0 radical (unpaired) electrons. The van der Waals surface area contributed by atoms with Gasteiger partial charge < -0.3 is 39.3 Å². The van der Waals surface area contributed by atoms with Gasteiger partial charge in [-0.25, -0.2) is 19.2 Å². The number of fused-ring (bicyclic) bond motifs is 3. The quantitative estimate of drug-likeness (QED) is 0.0589. The lowest BCUT2D eigenvalue weighted by molar-refractivity contribution is -0.605. The summed E-state index contributed by atoms with van der Waals surface area (Å²) in [6.45, 7) is 2.07. The van der Waals surface area contributed by atoms with E-state index in [0.29, 0.717) is 44.5 Å². The number of halogens is 5. The van der Waals surface area contributed by atoms with Crippen LogP contribution < -0.4 is 19.5 Å². The Balaban J connectivity index is 0.000000896.